The molecule has 1 unspecified atom stereocenters. The van der Waals surface area contributed by atoms with Crippen LogP contribution >= 0.6 is 0 Å². The summed E-state index contributed by atoms with van der Waals surface area (Å²) in [5.41, 5.74) is 0.557. The lowest BCUT2D eigenvalue weighted by molar-refractivity contribution is -0.124. The van der Waals surface area contributed by atoms with Crippen LogP contribution < -0.4 is 5.32 Å². The second kappa shape index (κ2) is 7.01. The summed E-state index contributed by atoms with van der Waals surface area (Å²) < 4.78 is 1.75. The van der Waals surface area contributed by atoms with Crippen LogP contribution in [0.1, 0.15) is 11.7 Å². The lowest BCUT2D eigenvalue weighted by Crippen LogP contribution is -2.21. The molecular weight excluding hydrogens is 268 g/mol. The molecule has 1 heterocycles. The highest BCUT2D eigenvalue weighted by atomic mass is 16.3. The number of anilines is 1. The minimum absolute atomic E-state index is 0.439. The Hall–Kier alpha value is -2.18. The molecule has 1 amide bonds. The zero-order chi connectivity index (χ0) is 15.2. The third-order valence-corrected chi connectivity index (χ3v) is 3.03. The molecule has 1 aromatic heterocycles. The molecule has 0 aliphatic rings. The van der Waals surface area contributed by atoms with Gasteiger partial charge in [-0.05, 0) is 19.7 Å². The largest absolute Gasteiger partial charge is 0.378 e. The van der Waals surface area contributed by atoms with Crippen LogP contribution in [0.15, 0.2) is 42.6 Å². The number of carbonyl (C=O) groups excluding carboxylic acids is 1. The van der Waals surface area contributed by atoms with Gasteiger partial charge in [0.1, 0.15) is 0 Å². The Bertz CT molecular complexity index is 580. The number of hydrogen-bond donors (Lipinski definition) is 2. The van der Waals surface area contributed by atoms with E-state index >= 15 is 0 Å². The lowest BCUT2D eigenvalue weighted by atomic mass is 10.1. The highest BCUT2D eigenvalue weighted by Gasteiger charge is 2.17. The van der Waals surface area contributed by atoms with Crippen LogP contribution in [0.25, 0.3) is 0 Å². The molecule has 0 bridgehead atoms. The summed E-state index contributed by atoms with van der Waals surface area (Å²) in [6, 6.07) is 10.5. The molecule has 1 aromatic carbocycles. The Kier molecular flexibility index (Phi) is 5.08. The summed E-state index contributed by atoms with van der Waals surface area (Å²) in [7, 11) is 3.98. The second-order valence-electron chi connectivity index (χ2n) is 5.07. The minimum Gasteiger partial charge on any atom is -0.378 e. The third kappa shape index (κ3) is 4.40. The van der Waals surface area contributed by atoms with Crippen molar-refractivity contribution in [1.29, 1.82) is 0 Å². The van der Waals surface area contributed by atoms with Crippen LogP contribution in [0.3, 0.4) is 0 Å². The molecule has 2 N–H and O–H groups in total. The molecule has 0 aliphatic heterocycles. The number of nitrogens with zero attached hydrogens (tertiary/aromatic N) is 3. The number of aliphatic hydroxyl groups is 1. The molecule has 0 fully saturated rings. The summed E-state index contributed by atoms with van der Waals surface area (Å²) in [5.74, 6) is -0.0483. The maximum absolute atomic E-state index is 12.0. The average molecular weight is 288 g/mol. The molecular formula is C15H20N4O2. The van der Waals surface area contributed by atoms with E-state index in [2.05, 4.69) is 15.3 Å². The number of rotatable bonds is 6. The molecule has 1 atom stereocenters. The highest BCUT2D eigenvalue weighted by molar-refractivity contribution is 5.93. The van der Waals surface area contributed by atoms with E-state index in [4.69, 9.17) is 0 Å². The number of aliphatic hydroxyl groups excluding tert-OH is 1. The van der Waals surface area contributed by atoms with Gasteiger partial charge in [-0.25, -0.2) is 0 Å². The number of carbonyl (C=O) groups is 1. The van der Waals surface area contributed by atoms with E-state index in [-0.39, 0.29) is 0 Å². The van der Waals surface area contributed by atoms with E-state index in [0.717, 1.165) is 13.1 Å². The van der Waals surface area contributed by atoms with E-state index in [1.54, 1.807) is 41.2 Å². The summed E-state index contributed by atoms with van der Waals surface area (Å²) in [4.78, 5) is 14.0. The van der Waals surface area contributed by atoms with Gasteiger partial charge in [0.15, 0.2) is 11.9 Å². The van der Waals surface area contributed by atoms with Gasteiger partial charge in [-0.1, -0.05) is 30.3 Å². The molecule has 0 aliphatic carbocycles. The van der Waals surface area contributed by atoms with E-state index < -0.39 is 12.0 Å². The molecule has 2 aromatic rings. The number of nitrogens with one attached hydrogen (secondary N) is 1. The zero-order valence-electron chi connectivity index (χ0n) is 12.2. The van der Waals surface area contributed by atoms with Crippen LogP contribution in [0.4, 0.5) is 5.82 Å². The van der Waals surface area contributed by atoms with Gasteiger partial charge in [-0.3, -0.25) is 9.48 Å². The number of hydrogen-bond acceptors (Lipinski definition) is 4. The number of aromatic nitrogens is 2. The van der Waals surface area contributed by atoms with Crippen molar-refractivity contribution in [1.82, 2.24) is 14.7 Å². The second-order valence-corrected chi connectivity index (χ2v) is 5.07. The molecule has 0 radical (unpaired) electrons. The molecule has 112 valence electrons. The van der Waals surface area contributed by atoms with Crippen molar-refractivity contribution in [3.05, 3.63) is 48.2 Å². The first-order valence-electron chi connectivity index (χ1n) is 6.78. The Morgan fingerprint density at radius 2 is 2.05 bits per heavy atom. The maximum Gasteiger partial charge on any atom is 0.259 e. The fourth-order valence-electron chi connectivity index (χ4n) is 1.84. The Balaban J connectivity index is 1.93. The Morgan fingerprint density at radius 3 is 2.71 bits per heavy atom. The van der Waals surface area contributed by atoms with Crippen LogP contribution in [-0.2, 0) is 11.3 Å². The fourth-order valence-corrected chi connectivity index (χ4v) is 1.84. The van der Waals surface area contributed by atoms with Crippen molar-refractivity contribution >= 4 is 11.7 Å². The Labute approximate surface area is 124 Å². The predicted molar refractivity (Wildman–Crippen MR) is 80.8 cm³/mol. The number of benzene rings is 1. The van der Waals surface area contributed by atoms with Gasteiger partial charge in [0, 0.05) is 18.8 Å². The van der Waals surface area contributed by atoms with Gasteiger partial charge < -0.3 is 15.3 Å². The van der Waals surface area contributed by atoms with Crippen molar-refractivity contribution in [3.8, 4) is 0 Å². The van der Waals surface area contributed by atoms with E-state index in [1.165, 1.54) is 0 Å². The Morgan fingerprint density at radius 1 is 1.33 bits per heavy atom. The molecule has 0 saturated heterocycles. The van der Waals surface area contributed by atoms with Crippen LogP contribution in [0, 0.1) is 0 Å². The third-order valence-electron chi connectivity index (χ3n) is 3.03. The normalized spacial score (nSPS) is 12.4. The summed E-state index contributed by atoms with van der Waals surface area (Å²) >= 11 is 0. The smallest absolute Gasteiger partial charge is 0.259 e. The standard InChI is InChI=1S/C15H20N4O2/c1-18(2)10-11-19-9-8-13(17-19)16-15(21)14(20)12-6-4-3-5-7-12/h3-9,14,20H,10-11H2,1-2H3,(H,16,17,21). The molecule has 6 nitrogen and oxygen atoms in total. The van der Waals surface area contributed by atoms with Gasteiger partial charge in [0.2, 0.25) is 0 Å². The van der Waals surface area contributed by atoms with E-state index in [1.807, 2.05) is 20.2 Å². The molecule has 21 heavy (non-hydrogen) atoms. The number of amides is 1. The van der Waals surface area contributed by atoms with Crippen LogP contribution in [0.5, 0.6) is 0 Å². The molecule has 2 rings (SSSR count). The summed E-state index contributed by atoms with van der Waals surface area (Å²) in [5, 5.41) is 16.8. The van der Waals surface area contributed by atoms with Gasteiger partial charge in [0.05, 0.1) is 6.54 Å². The van der Waals surface area contributed by atoms with Gasteiger partial charge >= 0.3 is 0 Å². The topological polar surface area (TPSA) is 70.4 Å². The molecule has 0 saturated carbocycles. The van der Waals surface area contributed by atoms with Crippen molar-refractivity contribution < 1.29 is 9.90 Å². The summed E-state index contributed by atoms with van der Waals surface area (Å²) in [6.45, 7) is 1.60. The molecule has 6 heteroatoms. The minimum atomic E-state index is -1.20. The van der Waals surface area contributed by atoms with Gasteiger partial charge in [-0.2, -0.15) is 5.10 Å². The van der Waals surface area contributed by atoms with Crippen LogP contribution in [-0.4, -0.2) is 46.3 Å². The zero-order valence-corrected chi connectivity index (χ0v) is 12.2. The average Bonchev–Trinajstić information content (AvgIpc) is 2.92. The van der Waals surface area contributed by atoms with Gasteiger partial charge in [0.25, 0.3) is 5.91 Å². The predicted octanol–water partition coefficient (Wildman–Crippen LogP) is 1.12. The van der Waals surface area contributed by atoms with Crippen LogP contribution in [0.2, 0.25) is 0 Å². The lowest BCUT2D eigenvalue weighted by Gasteiger charge is -2.10. The quantitative estimate of drug-likeness (QED) is 0.835. The van der Waals surface area contributed by atoms with E-state index in [0.29, 0.717) is 11.4 Å². The number of likely N-dealkylation sites (N-methyl/N-ethyl adjacent to an activating group) is 1. The van der Waals surface area contributed by atoms with Gasteiger partial charge in [-0.15, -0.1) is 0 Å². The monoisotopic (exact) mass is 288 g/mol. The van der Waals surface area contributed by atoms with Crippen molar-refractivity contribution in [2.45, 2.75) is 12.6 Å². The molecule has 0 spiro atoms. The SMILES string of the molecule is CN(C)CCn1ccc(NC(=O)C(O)c2ccccc2)n1. The maximum atomic E-state index is 12.0. The first-order chi connectivity index (χ1) is 10.1. The van der Waals surface area contributed by atoms with Crippen molar-refractivity contribution in [2.24, 2.45) is 0 Å². The first-order valence-corrected chi connectivity index (χ1v) is 6.78. The van der Waals surface area contributed by atoms with Crippen molar-refractivity contribution in [3.63, 3.8) is 0 Å². The van der Waals surface area contributed by atoms with Crippen molar-refractivity contribution in [2.75, 3.05) is 26.0 Å². The summed E-state index contributed by atoms with van der Waals surface area (Å²) in [6.07, 6.45) is 0.603. The fraction of sp³-hybridized carbons (Fsp3) is 0.333. The first kappa shape index (κ1) is 15.2. The highest BCUT2D eigenvalue weighted by Crippen LogP contribution is 2.14. The van der Waals surface area contributed by atoms with E-state index in [9.17, 15) is 9.90 Å².